The van der Waals surface area contributed by atoms with Crippen LogP contribution in [0.2, 0.25) is 0 Å². The van der Waals surface area contributed by atoms with Gasteiger partial charge in [0.05, 0.1) is 11.9 Å². The van der Waals surface area contributed by atoms with Crippen LogP contribution in [0, 0.1) is 5.92 Å². The number of carbonyl (C=O) groups is 1. The third kappa shape index (κ3) is 4.84. The summed E-state index contributed by atoms with van der Waals surface area (Å²) in [5.74, 6) is -2.37. The fourth-order valence-electron chi connectivity index (χ4n) is 4.41. The topological polar surface area (TPSA) is 46.9 Å². The lowest BCUT2D eigenvalue weighted by Crippen LogP contribution is -2.24. The molecule has 0 unspecified atom stereocenters. The number of halogens is 2. The van der Waals surface area contributed by atoms with E-state index in [0.717, 1.165) is 35.0 Å². The Morgan fingerprint density at radius 2 is 2.10 bits per heavy atom. The average Bonchev–Trinajstić information content (AvgIpc) is 3.09. The number of benzene rings is 1. The van der Waals surface area contributed by atoms with Crippen molar-refractivity contribution in [1.82, 2.24) is 9.55 Å². The molecule has 3 aromatic rings. The van der Waals surface area contributed by atoms with Crippen LogP contribution in [-0.2, 0) is 18.3 Å². The van der Waals surface area contributed by atoms with Gasteiger partial charge in [-0.15, -0.1) is 0 Å². The van der Waals surface area contributed by atoms with Crippen LogP contribution in [0.1, 0.15) is 37.7 Å². The van der Waals surface area contributed by atoms with E-state index in [2.05, 4.69) is 35.1 Å². The maximum atomic E-state index is 13.4. The highest BCUT2D eigenvalue weighted by Crippen LogP contribution is 2.38. The van der Waals surface area contributed by atoms with Gasteiger partial charge in [-0.1, -0.05) is 30.8 Å². The molecule has 1 aromatic carbocycles. The minimum atomic E-state index is -2.47. The van der Waals surface area contributed by atoms with Gasteiger partial charge >= 0.3 is 0 Å². The van der Waals surface area contributed by atoms with Crippen molar-refractivity contribution in [3.63, 3.8) is 0 Å². The third-order valence-electron chi connectivity index (χ3n) is 6.18. The summed E-state index contributed by atoms with van der Waals surface area (Å²) in [6, 6.07) is 10.3. The van der Waals surface area contributed by atoms with E-state index in [1.54, 1.807) is 6.20 Å². The molecule has 31 heavy (non-hydrogen) atoms. The van der Waals surface area contributed by atoms with Crippen molar-refractivity contribution in [3.8, 4) is 11.1 Å². The van der Waals surface area contributed by atoms with Crippen molar-refractivity contribution in [2.24, 2.45) is 13.0 Å². The highest BCUT2D eigenvalue weighted by Gasteiger charge is 2.34. The molecule has 4 rings (SSSR count). The second kappa shape index (κ2) is 8.61. The van der Waals surface area contributed by atoms with Crippen molar-refractivity contribution in [3.05, 3.63) is 60.9 Å². The predicted molar refractivity (Wildman–Crippen MR) is 120 cm³/mol. The first-order valence-electron chi connectivity index (χ1n) is 10.7. The van der Waals surface area contributed by atoms with E-state index in [1.165, 1.54) is 11.6 Å². The lowest BCUT2D eigenvalue weighted by molar-refractivity contribution is -0.111. The van der Waals surface area contributed by atoms with Gasteiger partial charge in [-0.25, -0.2) is 13.8 Å². The Morgan fingerprint density at radius 3 is 2.84 bits per heavy atom. The monoisotopic (exact) mass is 423 g/mol. The first kappa shape index (κ1) is 21.2. The van der Waals surface area contributed by atoms with Gasteiger partial charge in [0.15, 0.2) is 0 Å². The number of hydrogen-bond donors (Lipinski definition) is 1. The number of alkyl halides is 2. The Hall–Kier alpha value is -3.02. The van der Waals surface area contributed by atoms with Gasteiger partial charge in [0.1, 0.15) is 5.65 Å². The average molecular weight is 424 g/mol. The number of pyridine rings is 1. The molecule has 0 radical (unpaired) electrons. The van der Waals surface area contributed by atoms with Crippen LogP contribution in [0.5, 0.6) is 0 Å². The maximum absolute atomic E-state index is 13.4. The number of nitrogens with zero attached hydrogens (tertiary/aromatic N) is 2. The Morgan fingerprint density at radius 1 is 1.32 bits per heavy atom. The van der Waals surface area contributed by atoms with Crippen LogP contribution in [0.3, 0.4) is 0 Å². The summed E-state index contributed by atoms with van der Waals surface area (Å²) < 4.78 is 28.8. The summed E-state index contributed by atoms with van der Waals surface area (Å²) >= 11 is 0. The van der Waals surface area contributed by atoms with Gasteiger partial charge in [0.25, 0.3) is 0 Å². The first-order chi connectivity index (χ1) is 14.8. The SMILES string of the molecule is C=CC(=O)Nc1cnc2c(c1)c(-c1cccc(CCC3CCC(F)(F)CC3)c1)cn2C. The molecule has 4 nitrogen and oxygen atoms in total. The van der Waals surface area contributed by atoms with Crippen molar-refractivity contribution in [2.75, 3.05) is 5.32 Å². The molecule has 2 heterocycles. The van der Waals surface area contributed by atoms with E-state index < -0.39 is 5.92 Å². The molecular weight excluding hydrogens is 396 g/mol. The van der Waals surface area contributed by atoms with Crippen LogP contribution in [0.4, 0.5) is 14.5 Å². The Balaban J connectivity index is 1.55. The molecule has 1 aliphatic carbocycles. The zero-order valence-corrected chi connectivity index (χ0v) is 17.7. The minimum absolute atomic E-state index is 0.0193. The molecule has 1 amide bonds. The number of carbonyl (C=O) groups excluding carboxylic acids is 1. The molecule has 1 fully saturated rings. The van der Waals surface area contributed by atoms with Crippen LogP contribution in [-0.4, -0.2) is 21.4 Å². The molecular formula is C25H27F2N3O. The third-order valence-corrected chi connectivity index (χ3v) is 6.18. The van der Waals surface area contributed by atoms with E-state index in [1.807, 2.05) is 29.9 Å². The molecule has 0 bridgehead atoms. The van der Waals surface area contributed by atoms with Gasteiger partial charge in [-0.05, 0) is 54.9 Å². The van der Waals surface area contributed by atoms with Gasteiger partial charge in [-0.2, -0.15) is 0 Å². The van der Waals surface area contributed by atoms with Crippen molar-refractivity contribution < 1.29 is 13.6 Å². The van der Waals surface area contributed by atoms with Gasteiger partial charge < -0.3 is 9.88 Å². The van der Waals surface area contributed by atoms with Crippen molar-refractivity contribution in [2.45, 2.75) is 44.4 Å². The molecule has 0 aliphatic heterocycles. The molecule has 1 aliphatic rings. The predicted octanol–water partition coefficient (Wildman–Crippen LogP) is 6.12. The molecule has 1 saturated carbocycles. The van der Waals surface area contributed by atoms with E-state index in [-0.39, 0.29) is 18.7 Å². The molecule has 2 aromatic heterocycles. The summed E-state index contributed by atoms with van der Waals surface area (Å²) in [4.78, 5) is 16.2. The first-order valence-corrected chi connectivity index (χ1v) is 10.7. The van der Waals surface area contributed by atoms with E-state index in [9.17, 15) is 13.6 Å². The number of anilines is 1. The summed E-state index contributed by atoms with van der Waals surface area (Å²) in [6.07, 6.45) is 7.99. The van der Waals surface area contributed by atoms with Gasteiger partial charge in [0, 0.05) is 37.0 Å². The van der Waals surface area contributed by atoms with Crippen LogP contribution >= 0.6 is 0 Å². The summed E-state index contributed by atoms with van der Waals surface area (Å²) in [5, 5.41) is 3.72. The zero-order valence-electron chi connectivity index (χ0n) is 17.7. The standard InChI is InChI=1S/C25H27F2N3O/c1-3-23(31)29-20-14-21-22(16-30(2)24(21)28-15-20)19-6-4-5-18(13-19)8-7-17-9-11-25(26,27)12-10-17/h3-6,13-17H,1,7-12H2,2H3,(H,29,31). The lowest BCUT2D eigenvalue weighted by Gasteiger charge is -2.28. The quantitative estimate of drug-likeness (QED) is 0.485. The van der Waals surface area contributed by atoms with Crippen LogP contribution in [0.25, 0.3) is 22.2 Å². The number of aromatic nitrogens is 2. The van der Waals surface area contributed by atoms with Crippen LogP contribution in [0.15, 0.2) is 55.4 Å². The smallest absolute Gasteiger partial charge is 0.248 e. The Labute approximate surface area is 181 Å². The van der Waals surface area contributed by atoms with Gasteiger partial charge in [-0.3, -0.25) is 4.79 Å². The fraction of sp³-hybridized carbons (Fsp3) is 0.360. The van der Waals surface area contributed by atoms with Crippen LogP contribution < -0.4 is 5.32 Å². The number of amides is 1. The number of rotatable bonds is 6. The highest BCUT2D eigenvalue weighted by molar-refractivity contribution is 6.01. The second-order valence-electron chi connectivity index (χ2n) is 8.48. The number of nitrogens with one attached hydrogen (secondary N) is 1. The molecule has 1 N–H and O–H groups in total. The molecule has 0 atom stereocenters. The number of hydrogen-bond acceptors (Lipinski definition) is 2. The Bertz CT molecular complexity index is 1110. The summed E-state index contributed by atoms with van der Waals surface area (Å²) in [5.41, 5.74) is 4.78. The van der Waals surface area contributed by atoms with E-state index >= 15 is 0 Å². The van der Waals surface area contributed by atoms with Gasteiger partial charge in [0.2, 0.25) is 11.8 Å². The molecule has 0 saturated heterocycles. The Kier molecular flexibility index (Phi) is 5.90. The zero-order chi connectivity index (χ0) is 22.0. The summed E-state index contributed by atoms with van der Waals surface area (Å²) in [7, 11) is 1.95. The van der Waals surface area contributed by atoms with Crippen molar-refractivity contribution in [1.29, 1.82) is 0 Å². The highest BCUT2D eigenvalue weighted by atomic mass is 19.3. The largest absolute Gasteiger partial charge is 0.335 e. The second-order valence-corrected chi connectivity index (χ2v) is 8.48. The minimum Gasteiger partial charge on any atom is -0.335 e. The number of fused-ring (bicyclic) bond motifs is 1. The summed E-state index contributed by atoms with van der Waals surface area (Å²) in [6.45, 7) is 3.48. The maximum Gasteiger partial charge on any atom is 0.248 e. The lowest BCUT2D eigenvalue weighted by atomic mass is 9.83. The fourth-order valence-corrected chi connectivity index (χ4v) is 4.41. The molecule has 6 heteroatoms. The van der Waals surface area contributed by atoms with Crippen molar-refractivity contribution >= 4 is 22.6 Å². The molecule has 162 valence electrons. The molecule has 0 spiro atoms. The number of aryl methyl sites for hydroxylation is 2. The van der Waals surface area contributed by atoms with E-state index in [4.69, 9.17) is 0 Å². The van der Waals surface area contributed by atoms with E-state index in [0.29, 0.717) is 24.4 Å². The normalized spacial score (nSPS) is 16.4.